The molecule has 1 aromatic heterocycles. The maximum atomic E-state index is 12.4. The third kappa shape index (κ3) is 4.94. The zero-order chi connectivity index (χ0) is 17.0. The van der Waals surface area contributed by atoms with E-state index < -0.39 is 11.8 Å². The number of likely N-dealkylation sites (tertiary alicyclic amines) is 1. The lowest BCUT2D eigenvalue weighted by molar-refractivity contribution is -0.176. The van der Waals surface area contributed by atoms with E-state index in [0.29, 0.717) is 10.9 Å². The van der Waals surface area contributed by atoms with Crippen LogP contribution in [0.25, 0.3) is 6.08 Å². The molecule has 126 valence electrons. The lowest BCUT2D eigenvalue weighted by atomic mass is 10.2. The maximum absolute atomic E-state index is 12.4. The van der Waals surface area contributed by atoms with Crippen LogP contribution in [0, 0.1) is 0 Å². The summed E-state index contributed by atoms with van der Waals surface area (Å²) in [5, 5.41) is 0.396. The van der Waals surface area contributed by atoms with Crippen molar-refractivity contribution in [2.24, 2.45) is 0 Å². The summed E-state index contributed by atoms with van der Waals surface area (Å²) in [4.78, 5) is 18.5. The zero-order valence-corrected chi connectivity index (χ0v) is 14.8. The Hall–Kier alpha value is -1.59. The largest absolute Gasteiger partial charge is 0.462 e. The number of carbonyl (C=O) groups is 1. The Morgan fingerprint density at radius 2 is 2.13 bits per heavy atom. The predicted octanol–water partition coefficient (Wildman–Crippen LogP) is 3.52. The van der Waals surface area contributed by atoms with E-state index in [4.69, 9.17) is 21.1 Å². The molecule has 23 heavy (non-hydrogen) atoms. The van der Waals surface area contributed by atoms with Gasteiger partial charge in [-0.2, -0.15) is 0 Å². The predicted molar refractivity (Wildman–Crippen MR) is 90.4 cm³/mol. The third-order valence-electron chi connectivity index (χ3n) is 3.27. The molecule has 0 N–H and O–H groups in total. The molecule has 1 atom stereocenters. The number of carbonyl (C=O) groups excluding carboxylic acids is 1. The highest BCUT2D eigenvalue weighted by molar-refractivity contribution is 6.30. The van der Waals surface area contributed by atoms with E-state index in [2.05, 4.69) is 4.98 Å². The van der Waals surface area contributed by atoms with E-state index >= 15 is 0 Å². The van der Waals surface area contributed by atoms with Crippen LogP contribution < -0.4 is 4.74 Å². The summed E-state index contributed by atoms with van der Waals surface area (Å²) in [7, 11) is 0. The van der Waals surface area contributed by atoms with Crippen molar-refractivity contribution in [2.75, 3.05) is 13.1 Å². The molecule has 0 saturated carbocycles. The lowest BCUT2D eigenvalue weighted by Gasteiger charge is -2.37. The first-order chi connectivity index (χ1) is 10.8. The van der Waals surface area contributed by atoms with Gasteiger partial charge in [-0.15, -0.1) is 0 Å². The van der Waals surface area contributed by atoms with Crippen LogP contribution >= 0.6 is 11.6 Å². The number of hydrogen-bond acceptors (Lipinski definition) is 5. The van der Waals surface area contributed by atoms with Crippen LogP contribution in [-0.4, -0.2) is 40.8 Å². The number of halogens is 1. The maximum Gasteiger partial charge on any atom is 0.363 e. The summed E-state index contributed by atoms with van der Waals surface area (Å²) in [5.74, 6) is 0.102. The van der Waals surface area contributed by atoms with Crippen molar-refractivity contribution >= 4 is 23.6 Å². The summed E-state index contributed by atoms with van der Waals surface area (Å²) in [6.45, 7) is 9.04. The zero-order valence-electron chi connectivity index (χ0n) is 14.0. The monoisotopic (exact) mass is 338 g/mol. The van der Waals surface area contributed by atoms with Gasteiger partial charge in [0.25, 0.3) is 6.23 Å². The van der Waals surface area contributed by atoms with Gasteiger partial charge in [-0.1, -0.05) is 23.8 Å². The van der Waals surface area contributed by atoms with Gasteiger partial charge in [-0.05, 0) is 40.2 Å². The van der Waals surface area contributed by atoms with Crippen molar-refractivity contribution in [3.8, 4) is 5.75 Å². The molecule has 2 heterocycles. The fourth-order valence-corrected chi connectivity index (χ4v) is 2.30. The van der Waals surface area contributed by atoms with Crippen LogP contribution in [0.3, 0.4) is 0 Å². The molecule has 0 bridgehead atoms. The van der Waals surface area contributed by atoms with Gasteiger partial charge in [-0.25, -0.2) is 9.78 Å². The fourth-order valence-electron chi connectivity index (χ4n) is 2.13. The second-order valence-corrected chi connectivity index (χ2v) is 6.80. The highest BCUT2D eigenvalue weighted by atomic mass is 35.5. The van der Waals surface area contributed by atoms with Crippen LogP contribution in [0.15, 0.2) is 18.3 Å². The Labute approximate surface area is 142 Å². The highest BCUT2D eigenvalue weighted by Gasteiger charge is 2.35. The minimum Gasteiger partial charge on any atom is -0.462 e. The topological polar surface area (TPSA) is 51.7 Å². The van der Waals surface area contributed by atoms with Crippen LogP contribution in [0.4, 0.5) is 0 Å². The molecule has 0 aromatic carbocycles. The summed E-state index contributed by atoms with van der Waals surface area (Å²) in [6, 6.07) is 1.77. The smallest absolute Gasteiger partial charge is 0.363 e. The van der Waals surface area contributed by atoms with Gasteiger partial charge in [0.05, 0.1) is 6.20 Å². The molecule has 1 fully saturated rings. The summed E-state index contributed by atoms with van der Waals surface area (Å²) >= 11 is 6.04. The molecule has 0 aliphatic carbocycles. The average molecular weight is 339 g/mol. The standard InChI is InChI=1S/C17H23ClN2O3/c1-5-7-12-10-13(11-19-14(12)18)22-15(20-8-6-9-20)16(21)23-17(2,3)4/h5,7,10-11,15H,6,8-9H2,1-4H3/t15-/m0/s1. The van der Waals surface area contributed by atoms with Crippen molar-refractivity contribution in [2.45, 2.75) is 45.9 Å². The average Bonchev–Trinajstić information content (AvgIpc) is 2.38. The van der Waals surface area contributed by atoms with Gasteiger partial charge in [-0.3, -0.25) is 4.90 Å². The third-order valence-corrected chi connectivity index (χ3v) is 3.58. The van der Waals surface area contributed by atoms with E-state index in [1.807, 2.05) is 44.7 Å². The molecule has 0 unspecified atom stereocenters. The molecule has 0 spiro atoms. The minimum absolute atomic E-state index is 0.389. The Morgan fingerprint density at radius 3 is 2.65 bits per heavy atom. The number of ether oxygens (including phenoxy) is 2. The first kappa shape index (κ1) is 17.8. The highest BCUT2D eigenvalue weighted by Crippen LogP contribution is 2.24. The Balaban J connectivity index is 2.18. The fraction of sp³-hybridized carbons (Fsp3) is 0.529. The molecule has 1 aliphatic rings. The summed E-state index contributed by atoms with van der Waals surface area (Å²) in [5.41, 5.74) is 0.191. The Bertz CT molecular complexity index is 592. The van der Waals surface area contributed by atoms with E-state index in [0.717, 1.165) is 25.1 Å². The van der Waals surface area contributed by atoms with Crippen molar-refractivity contribution in [3.63, 3.8) is 0 Å². The number of aromatic nitrogens is 1. The summed E-state index contributed by atoms with van der Waals surface area (Å²) < 4.78 is 11.3. The number of allylic oxidation sites excluding steroid dienone is 1. The van der Waals surface area contributed by atoms with Crippen molar-refractivity contribution in [1.82, 2.24) is 9.88 Å². The molecule has 1 aliphatic heterocycles. The molecule has 6 heteroatoms. The van der Waals surface area contributed by atoms with Gasteiger partial charge in [0.15, 0.2) is 0 Å². The molecular weight excluding hydrogens is 316 g/mol. The van der Waals surface area contributed by atoms with E-state index in [9.17, 15) is 4.79 Å². The quantitative estimate of drug-likeness (QED) is 0.607. The first-order valence-electron chi connectivity index (χ1n) is 7.72. The van der Waals surface area contributed by atoms with Gasteiger partial charge >= 0.3 is 5.97 Å². The van der Waals surface area contributed by atoms with Crippen molar-refractivity contribution in [1.29, 1.82) is 0 Å². The van der Waals surface area contributed by atoms with Crippen LogP contribution in [0.5, 0.6) is 5.75 Å². The normalized spacial score (nSPS) is 16.9. The van der Waals surface area contributed by atoms with Gasteiger partial charge in [0, 0.05) is 18.7 Å². The van der Waals surface area contributed by atoms with Crippen molar-refractivity contribution < 1.29 is 14.3 Å². The Morgan fingerprint density at radius 1 is 1.43 bits per heavy atom. The molecule has 2 rings (SSSR count). The summed E-state index contributed by atoms with van der Waals surface area (Å²) in [6.07, 6.45) is 5.52. The number of hydrogen-bond donors (Lipinski definition) is 0. The lowest BCUT2D eigenvalue weighted by Crippen LogP contribution is -2.53. The van der Waals surface area contributed by atoms with Crippen LogP contribution in [-0.2, 0) is 9.53 Å². The molecular formula is C17H23ClN2O3. The number of nitrogens with zero attached hydrogens (tertiary/aromatic N) is 2. The molecule has 1 saturated heterocycles. The van der Waals surface area contributed by atoms with Gasteiger partial charge in [0.1, 0.15) is 16.5 Å². The Kier molecular flexibility index (Phi) is 5.65. The number of pyridine rings is 1. The minimum atomic E-state index is -0.760. The van der Waals surface area contributed by atoms with Crippen LogP contribution in [0.2, 0.25) is 5.15 Å². The van der Waals surface area contributed by atoms with Crippen molar-refractivity contribution in [3.05, 3.63) is 29.1 Å². The van der Waals surface area contributed by atoms with Gasteiger partial charge in [0.2, 0.25) is 0 Å². The second-order valence-electron chi connectivity index (χ2n) is 6.44. The van der Waals surface area contributed by atoms with E-state index in [1.54, 1.807) is 6.07 Å². The molecule has 0 amide bonds. The molecule has 1 aromatic rings. The molecule has 5 nitrogen and oxygen atoms in total. The van der Waals surface area contributed by atoms with E-state index in [-0.39, 0.29) is 5.97 Å². The number of rotatable bonds is 5. The SMILES string of the molecule is CC=Cc1cc(O[C@@H](C(=O)OC(C)(C)C)N2CCC2)cnc1Cl. The molecule has 0 radical (unpaired) electrons. The number of esters is 1. The van der Waals surface area contributed by atoms with E-state index in [1.165, 1.54) is 6.20 Å². The van der Waals surface area contributed by atoms with Gasteiger partial charge < -0.3 is 9.47 Å². The van der Waals surface area contributed by atoms with Crippen LogP contribution in [0.1, 0.15) is 39.7 Å². The second kappa shape index (κ2) is 7.32. The first-order valence-corrected chi connectivity index (χ1v) is 8.10.